The molecule has 1 amide bonds. The van der Waals surface area contributed by atoms with Gasteiger partial charge >= 0.3 is 0 Å². The van der Waals surface area contributed by atoms with Crippen LogP contribution in [-0.4, -0.2) is 30.4 Å². The second-order valence-electron chi connectivity index (χ2n) is 5.08. The minimum atomic E-state index is -0.102. The predicted molar refractivity (Wildman–Crippen MR) is 84.1 cm³/mol. The van der Waals surface area contributed by atoms with Gasteiger partial charge in [-0.2, -0.15) is 0 Å². The van der Waals surface area contributed by atoms with Crippen LogP contribution in [0.4, 0.5) is 0 Å². The van der Waals surface area contributed by atoms with E-state index in [1.54, 1.807) is 19.2 Å². The van der Waals surface area contributed by atoms with Crippen LogP contribution >= 0.6 is 0 Å². The molecule has 0 atom stereocenters. The van der Waals surface area contributed by atoms with Crippen molar-refractivity contribution in [3.05, 3.63) is 65.2 Å². The Labute approximate surface area is 129 Å². The quantitative estimate of drug-likeness (QED) is 0.674. The summed E-state index contributed by atoms with van der Waals surface area (Å²) in [4.78, 5) is 12.4. The first-order chi connectivity index (χ1) is 10.7. The summed E-state index contributed by atoms with van der Waals surface area (Å²) in [6.07, 6.45) is 0.778. The molecule has 2 aromatic rings. The van der Waals surface area contributed by atoms with Crippen molar-refractivity contribution in [1.29, 1.82) is 5.41 Å². The van der Waals surface area contributed by atoms with Crippen molar-refractivity contribution in [2.24, 2.45) is 0 Å². The number of amides is 1. The normalized spacial score (nSPS) is 13.5. The molecular weight excluding hydrogens is 278 g/mol. The van der Waals surface area contributed by atoms with Gasteiger partial charge in [-0.1, -0.05) is 30.3 Å². The third-order valence-corrected chi connectivity index (χ3v) is 3.70. The van der Waals surface area contributed by atoms with Gasteiger partial charge in [-0.15, -0.1) is 0 Å². The fourth-order valence-corrected chi connectivity index (χ4v) is 2.51. The predicted octanol–water partition coefficient (Wildman–Crippen LogP) is 2.22. The number of carbonyl (C=O) groups excluding carboxylic acids is 1. The zero-order chi connectivity index (χ0) is 15.5. The number of carbonyl (C=O) groups is 1. The zero-order valence-electron chi connectivity index (χ0n) is 12.3. The molecule has 0 saturated carbocycles. The second-order valence-corrected chi connectivity index (χ2v) is 5.08. The summed E-state index contributed by atoms with van der Waals surface area (Å²) in [5.41, 5.74) is 5.31. The van der Waals surface area contributed by atoms with Crippen LogP contribution in [0, 0.1) is 5.41 Å². The lowest BCUT2D eigenvalue weighted by atomic mass is 10.0. The highest BCUT2D eigenvalue weighted by atomic mass is 16.5. The van der Waals surface area contributed by atoms with E-state index in [2.05, 4.69) is 5.43 Å². The Hall–Kier alpha value is -2.82. The molecule has 22 heavy (non-hydrogen) atoms. The number of fused-ring (bicyclic) bond motifs is 1. The van der Waals surface area contributed by atoms with Gasteiger partial charge in [0.15, 0.2) is 0 Å². The largest absolute Gasteiger partial charge is 0.497 e. The Bertz CT molecular complexity index is 727. The first-order valence-electron chi connectivity index (χ1n) is 7.08. The molecule has 0 unspecified atom stereocenters. The van der Waals surface area contributed by atoms with Crippen molar-refractivity contribution in [3.8, 4) is 5.75 Å². The molecule has 0 bridgehead atoms. The summed E-state index contributed by atoms with van der Waals surface area (Å²) < 4.78 is 5.16. The minimum absolute atomic E-state index is 0.102. The van der Waals surface area contributed by atoms with Gasteiger partial charge < -0.3 is 4.74 Å². The van der Waals surface area contributed by atoms with Gasteiger partial charge in [-0.3, -0.25) is 20.6 Å². The van der Waals surface area contributed by atoms with E-state index in [1.807, 2.05) is 36.4 Å². The number of amidine groups is 1. The van der Waals surface area contributed by atoms with E-state index < -0.39 is 0 Å². The molecule has 1 aliphatic rings. The summed E-state index contributed by atoms with van der Waals surface area (Å²) in [6, 6.07) is 14.8. The van der Waals surface area contributed by atoms with Crippen LogP contribution in [0.25, 0.3) is 0 Å². The summed E-state index contributed by atoms with van der Waals surface area (Å²) in [5.74, 6) is 0.750. The summed E-state index contributed by atoms with van der Waals surface area (Å²) in [5, 5.41) is 9.64. The van der Waals surface area contributed by atoms with Gasteiger partial charge in [0.2, 0.25) is 0 Å². The molecule has 0 aliphatic carbocycles. The fourth-order valence-electron chi connectivity index (χ4n) is 2.51. The SMILES string of the molecule is COc1cccc(C(=N)NN2CCc3ccccc3C2=O)c1. The Morgan fingerprint density at radius 1 is 1.23 bits per heavy atom. The van der Waals surface area contributed by atoms with Crippen molar-refractivity contribution in [3.63, 3.8) is 0 Å². The molecule has 0 saturated heterocycles. The summed E-state index contributed by atoms with van der Waals surface area (Å²) in [7, 11) is 1.58. The maximum atomic E-state index is 12.4. The summed E-state index contributed by atoms with van der Waals surface area (Å²) >= 11 is 0. The van der Waals surface area contributed by atoms with Crippen LogP contribution in [0.5, 0.6) is 5.75 Å². The molecular formula is C17H17N3O2. The van der Waals surface area contributed by atoms with Crippen LogP contribution in [0.3, 0.4) is 0 Å². The van der Waals surface area contributed by atoms with Crippen molar-refractivity contribution in [2.75, 3.05) is 13.7 Å². The van der Waals surface area contributed by atoms with Gasteiger partial charge in [0, 0.05) is 17.7 Å². The number of methoxy groups -OCH3 is 1. The third-order valence-electron chi connectivity index (χ3n) is 3.70. The second kappa shape index (κ2) is 5.89. The van der Waals surface area contributed by atoms with Crippen molar-refractivity contribution < 1.29 is 9.53 Å². The Morgan fingerprint density at radius 2 is 2.05 bits per heavy atom. The van der Waals surface area contributed by atoms with E-state index in [0.717, 1.165) is 12.0 Å². The van der Waals surface area contributed by atoms with E-state index in [4.69, 9.17) is 10.1 Å². The molecule has 112 valence electrons. The third kappa shape index (κ3) is 2.65. The zero-order valence-corrected chi connectivity index (χ0v) is 12.3. The highest BCUT2D eigenvalue weighted by Gasteiger charge is 2.24. The van der Waals surface area contributed by atoms with Gasteiger partial charge in [0.1, 0.15) is 11.6 Å². The molecule has 3 rings (SSSR count). The van der Waals surface area contributed by atoms with E-state index in [9.17, 15) is 4.79 Å². The highest BCUT2D eigenvalue weighted by molar-refractivity contribution is 6.01. The number of benzene rings is 2. The van der Waals surface area contributed by atoms with Crippen LogP contribution in [0.15, 0.2) is 48.5 Å². The van der Waals surface area contributed by atoms with E-state index in [1.165, 1.54) is 5.01 Å². The number of nitrogens with one attached hydrogen (secondary N) is 2. The molecule has 5 heteroatoms. The van der Waals surface area contributed by atoms with Gasteiger partial charge in [0.05, 0.1) is 7.11 Å². The van der Waals surface area contributed by atoms with Crippen LogP contribution in [0.1, 0.15) is 21.5 Å². The van der Waals surface area contributed by atoms with Gasteiger partial charge in [0.25, 0.3) is 5.91 Å². The molecule has 0 spiro atoms. The van der Waals surface area contributed by atoms with Crippen molar-refractivity contribution in [2.45, 2.75) is 6.42 Å². The summed E-state index contributed by atoms with van der Waals surface area (Å²) in [6.45, 7) is 0.544. The number of nitrogens with zero attached hydrogens (tertiary/aromatic N) is 1. The monoisotopic (exact) mass is 295 g/mol. The standard InChI is InChI=1S/C17H17N3O2/c1-22-14-7-4-6-13(11-14)16(18)19-20-10-9-12-5-2-3-8-15(12)17(20)21/h2-8,11H,9-10H2,1H3,(H2,18,19). The smallest absolute Gasteiger partial charge is 0.272 e. The minimum Gasteiger partial charge on any atom is -0.497 e. The molecule has 1 heterocycles. The number of rotatable bonds is 3. The highest BCUT2D eigenvalue weighted by Crippen LogP contribution is 2.18. The lowest BCUT2D eigenvalue weighted by Crippen LogP contribution is -2.49. The first-order valence-corrected chi connectivity index (χ1v) is 7.08. The first kappa shape index (κ1) is 14.1. The lowest BCUT2D eigenvalue weighted by Gasteiger charge is -2.29. The molecule has 5 nitrogen and oxygen atoms in total. The number of ether oxygens (including phenoxy) is 1. The molecule has 0 radical (unpaired) electrons. The van der Waals surface area contributed by atoms with Crippen molar-refractivity contribution >= 4 is 11.7 Å². The maximum Gasteiger partial charge on any atom is 0.272 e. The van der Waals surface area contributed by atoms with Gasteiger partial charge in [-0.25, -0.2) is 0 Å². The maximum absolute atomic E-state index is 12.4. The van der Waals surface area contributed by atoms with Gasteiger partial charge in [-0.05, 0) is 30.2 Å². The van der Waals surface area contributed by atoms with Crippen LogP contribution < -0.4 is 10.2 Å². The molecule has 2 aromatic carbocycles. The fraction of sp³-hybridized carbons (Fsp3) is 0.176. The van der Waals surface area contributed by atoms with E-state index in [0.29, 0.717) is 23.4 Å². The topological polar surface area (TPSA) is 65.4 Å². The Balaban J connectivity index is 1.76. The number of hydrazine groups is 1. The number of hydrogen-bond acceptors (Lipinski definition) is 3. The lowest BCUT2D eigenvalue weighted by molar-refractivity contribution is 0.0693. The molecule has 2 N–H and O–H groups in total. The Kier molecular flexibility index (Phi) is 3.78. The average Bonchev–Trinajstić information content (AvgIpc) is 2.57. The van der Waals surface area contributed by atoms with Crippen LogP contribution in [0.2, 0.25) is 0 Å². The molecule has 1 aliphatic heterocycles. The molecule has 0 aromatic heterocycles. The average molecular weight is 295 g/mol. The van der Waals surface area contributed by atoms with E-state index >= 15 is 0 Å². The number of hydrogen-bond donors (Lipinski definition) is 2. The van der Waals surface area contributed by atoms with E-state index in [-0.39, 0.29) is 11.7 Å². The Morgan fingerprint density at radius 3 is 2.86 bits per heavy atom. The van der Waals surface area contributed by atoms with Crippen molar-refractivity contribution in [1.82, 2.24) is 10.4 Å². The van der Waals surface area contributed by atoms with Crippen LogP contribution in [-0.2, 0) is 6.42 Å². The molecule has 0 fully saturated rings.